The van der Waals surface area contributed by atoms with E-state index in [1.54, 1.807) is 0 Å². The highest BCUT2D eigenvalue weighted by molar-refractivity contribution is 6.43. The molecular formula is C17H13N3O8. The number of benzene rings is 2. The number of non-ortho nitro benzene ring substituents is 1. The van der Waals surface area contributed by atoms with Gasteiger partial charge in [-0.25, -0.2) is 4.79 Å². The maximum atomic E-state index is 12.0. The highest BCUT2D eigenvalue weighted by atomic mass is 16.6. The van der Waals surface area contributed by atoms with Crippen molar-refractivity contribution in [2.24, 2.45) is 0 Å². The van der Waals surface area contributed by atoms with Crippen LogP contribution in [0.4, 0.5) is 17.1 Å². The van der Waals surface area contributed by atoms with Gasteiger partial charge in [0.15, 0.2) is 0 Å². The number of nitro benzene ring substituents is 1. The largest absolute Gasteiger partial charge is 0.478 e. The number of aromatic carboxylic acids is 1. The van der Waals surface area contributed by atoms with Gasteiger partial charge >= 0.3 is 23.8 Å². The number of nitro groups is 1. The number of hydrogen-bond acceptors (Lipinski definition) is 7. The molecule has 0 aliphatic rings. The van der Waals surface area contributed by atoms with Gasteiger partial charge in [0.05, 0.1) is 4.92 Å². The topological polar surface area (TPSA) is 165 Å². The Balaban J connectivity index is 2.10. The van der Waals surface area contributed by atoms with Gasteiger partial charge in [-0.15, -0.1) is 0 Å². The quantitative estimate of drug-likeness (QED) is 0.230. The van der Waals surface area contributed by atoms with E-state index < -0.39 is 28.7 Å². The smallest absolute Gasteiger partial charge is 0.339 e. The zero-order valence-electron chi connectivity index (χ0n) is 14.3. The van der Waals surface area contributed by atoms with Crippen LogP contribution in [0.5, 0.6) is 5.75 Å². The molecule has 0 aromatic heterocycles. The van der Waals surface area contributed by atoms with E-state index in [-0.39, 0.29) is 28.4 Å². The molecule has 0 unspecified atom stereocenters. The van der Waals surface area contributed by atoms with Crippen molar-refractivity contribution < 1.29 is 33.9 Å². The second-order valence-corrected chi connectivity index (χ2v) is 5.32. The molecule has 11 heteroatoms. The highest BCUT2D eigenvalue weighted by Gasteiger charge is 2.18. The van der Waals surface area contributed by atoms with Crippen LogP contribution in [0.25, 0.3) is 0 Å². The Bertz CT molecular complexity index is 969. The maximum Gasteiger partial charge on any atom is 0.339 e. The first-order chi connectivity index (χ1) is 13.2. The average molecular weight is 387 g/mol. The predicted octanol–water partition coefficient (Wildman–Crippen LogP) is 1.80. The lowest BCUT2D eigenvalue weighted by Crippen LogP contribution is -2.29. The third kappa shape index (κ3) is 5.11. The zero-order valence-corrected chi connectivity index (χ0v) is 14.3. The van der Waals surface area contributed by atoms with Crippen molar-refractivity contribution in [3.05, 3.63) is 58.1 Å². The number of nitrogens with one attached hydrogen (secondary N) is 2. The van der Waals surface area contributed by atoms with E-state index in [0.29, 0.717) is 0 Å². The zero-order chi connectivity index (χ0) is 20.8. The van der Waals surface area contributed by atoms with Crippen LogP contribution in [-0.4, -0.2) is 33.8 Å². The van der Waals surface area contributed by atoms with Gasteiger partial charge in [-0.2, -0.15) is 0 Å². The van der Waals surface area contributed by atoms with Crippen molar-refractivity contribution in [2.45, 2.75) is 6.92 Å². The highest BCUT2D eigenvalue weighted by Crippen LogP contribution is 2.24. The molecule has 28 heavy (non-hydrogen) atoms. The summed E-state index contributed by atoms with van der Waals surface area (Å²) in [6.45, 7) is 1.08. The van der Waals surface area contributed by atoms with Gasteiger partial charge in [0.25, 0.3) is 5.69 Å². The lowest BCUT2D eigenvalue weighted by Gasteiger charge is -2.10. The molecule has 0 radical (unpaired) electrons. The first kappa shape index (κ1) is 20.0. The van der Waals surface area contributed by atoms with Crippen LogP contribution in [0.15, 0.2) is 42.5 Å². The van der Waals surface area contributed by atoms with Gasteiger partial charge in [-0.05, 0) is 24.3 Å². The van der Waals surface area contributed by atoms with Gasteiger partial charge in [0.1, 0.15) is 11.3 Å². The molecular weight excluding hydrogens is 374 g/mol. The summed E-state index contributed by atoms with van der Waals surface area (Å²) in [5.74, 6) is -4.55. The van der Waals surface area contributed by atoms with Gasteiger partial charge < -0.3 is 20.5 Å². The van der Waals surface area contributed by atoms with Crippen LogP contribution in [0.1, 0.15) is 17.3 Å². The van der Waals surface area contributed by atoms with Crippen molar-refractivity contribution in [1.29, 1.82) is 0 Å². The van der Waals surface area contributed by atoms with E-state index in [9.17, 15) is 29.3 Å². The van der Waals surface area contributed by atoms with Crippen LogP contribution in [-0.2, 0) is 14.4 Å². The first-order valence-corrected chi connectivity index (χ1v) is 7.60. The molecule has 11 nitrogen and oxygen atoms in total. The minimum Gasteiger partial charge on any atom is -0.478 e. The standard InChI is InChI=1S/C17H13N3O8/c1-9(21)28-14-8-11(4-7-13(14)17(24)25)19-16(23)15(22)18-10-2-5-12(6-3-10)20(26)27/h2-8H,1H3,(H,18,22)(H,19,23)(H,24,25). The number of nitrogens with zero attached hydrogens (tertiary/aromatic N) is 1. The molecule has 2 aromatic carbocycles. The number of carbonyl (C=O) groups excluding carboxylic acids is 3. The monoisotopic (exact) mass is 387 g/mol. The van der Waals surface area contributed by atoms with Crippen molar-refractivity contribution in [1.82, 2.24) is 0 Å². The molecule has 0 aliphatic heterocycles. The molecule has 0 fully saturated rings. The van der Waals surface area contributed by atoms with Gasteiger partial charge in [-0.1, -0.05) is 0 Å². The molecule has 2 amide bonds. The number of rotatable bonds is 5. The Morgan fingerprint density at radius 2 is 1.50 bits per heavy atom. The van der Waals surface area contributed by atoms with Crippen molar-refractivity contribution in [2.75, 3.05) is 10.6 Å². The number of hydrogen-bond donors (Lipinski definition) is 3. The van der Waals surface area contributed by atoms with Crippen LogP contribution in [0.3, 0.4) is 0 Å². The number of carboxylic acid groups (broad SMARTS) is 1. The second-order valence-electron chi connectivity index (χ2n) is 5.32. The van der Waals surface area contributed by atoms with Crippen LogP contribution in [0, 0.1) is 10.1 Å². The summed E-state index contributed by atoms with van der Waals surface area (Å²) in [6, 6.07) is 8.22. The fourth-order valence-electron chi connectivity index (χ4n) is 2.06. The van der Waals surface area contributed by atoms with Crippen molar-refractivity contribution in [3.8, 4) is 5.75 Å². The molecule has 144 valence electrons. The molecule has 3 N–H and O–H groups in total. The summed E-state index contributed by atoms with van der Waals surface area (Å²) in [7, 11) is 0. The van der Waals surface area contributed by atoms with Crippen LogP contribution < -0.4 is 15.4 Å². The minimum absolute atomic E-state index is 0.0186. The Morgan fingerprint density at radius 3 is 2.00 bits per heavy atom. The number of carboxylic acids is 1. The van der Waals surface area contributed by atoms with Crippen molar-refractivity contribution >= 4 is 40.8 Å². The normalized spacial score (nSPS) is 9.89. The molecule has 2 rings (SSSR count). The van der Waals surface area contributed by atoms with Crippen LogP contribution in [0.2, 0.25) is 0 Å². The third-order valence-electron chi connectivity index (χ3n) is 3.27. The molecule has 0 atom stereocenters. The third-order valence-corrected chi connectivity index (χ3v) is 3.27. The number of carbonyl (C=O) groups is 4. The van der Waals surface area contributed by atoms with Crippen molar-refractivity contribution in [3.63, 3.8) is 0 Å². The van der Waals surface area contributed by atoms with Gasteiger partial charge in [0.2, 0.25) is 0 Å². The summed E-state index contributed by atoms with van der Waals surface area (Å²) in [6.07, 6.45) is 0. The van der Waals surface area contributed by atoms with E-state index in [1.165, 1.54) is 18.2 Å². The molecule has 0 saturated heterocycles. The molecule has 0 aliphatic carbocycles. The molecule has 0 saturated carbocycles. The number of ether oxygens (including phenoxy) is 1. The minimum atomic E-state index is -1.34. The second kappa shape index (κ2) is 8.40. The Kier molecular flexibility index (Phi) is 6.01. The van der Waals surface area contributed by atoms with E-state index in [4.69, 9.17) is 9.84 Å². The fraction of sp³-hybridized carbons (Fsp3) is 0.0588. The first-order valence-electron chi connectivity index (χ1n) is 7.60. The van der Waals surface area contributed by atoms with Gasteiger partial charge in [0, 0.05) is 36.5 Å². The van der Waals surface area contributed by atoms with E-state index in [2.05, 4.69) is 10.6 Å². The summed E-state index contributed by atoms with van der Waals surface area (Å²) in [5.41, 5.74) is -0.305. The van der Waals surface area contributed by atoms with E-state index in [0.717, 1.165) is 31.2 Å². The average Bonchev–Trinajstić information content (AvgIpc) is 2.61. The maximum absolute atomic E-state index is 12.0. The Morgan fingerprint density at radius 1 is 0.964 bits per heavy atom. The van der Waals surface area contributed by atoms with Crippen LogP contribution >= 0.6 is 0 Å². The molecule has 0 bridgehead atoms. The number of amides is 2. The molecule has 0 heterocycles. The lowest BCUT2D eigenvalue weighted by atomic mass is 10.2. The molecule has 2 aromatic rings. The summed E-state index contributed by atoms with van der Waals surface area (Å²) in [5, 5.41) is 24.1. The number of esters is 1. The van der Waals surface area contributed by atoms with E-state index >= 15 is 0 Å². The number of anilines is 2. The van der Waals surface area contributed by atoms with E-state index in [1.807, 2.05) is 0 Å². The Labute approximate surface area is 157 Å². The summed E-state index contributed by atoms with van der Waals surface area (Å²) in [4.78, 5) is 56.1. The summed E-state index contributed by atoms with van der Waals surface area (Å²) >= 11 is 0. The fourth-order valence-corrected chi connectivity index (χ4v) is 2.06. The lowest BCUT2D eigenvalue weighted by molar-refractivity contribution is -0.384. The molecule has 0 spiro atoms. The summed E-state index contributed by atoms with van der Waals surface area (Å²) < 4.78 is 4.79. The Hall–Kier alpha value is -4.28. The van der Waals surface area contributed by atoms with Gasteiger partial charge in [-0.3, -0.25) is 24.5 Å². The SMILES string of the molecule is CC(=O)Oc1cc(NC(=O)C(=O)Nc2ccc([N+](=O)[O-])cc2)ccc1C(=O)O. The predicted molar refractivity (Wildman–Crippen MR) is 95.1 cm³/mol.